The molecular weight excluding hydrogens is 349 g/mol. The van der Waals surface area contributed by atoms with Gasteiger partial charge in [-0.05, 0) is 49.4 Å². The zero-order chi connectivity index (χ0) is 18.5. The van der Waals surface area contributed by atoms with Crippen LogP contribution in [-0.4, -0.2) is 29.4 Å². The van der Waals surface area contributed by atoms with E-state index in [0.717, 1.165) is 11.3 Å². The fourth-order valence-corrected chi connectivity index (χ4v) is 3.36. The molecule has 1 aromatic heterocycles. The van der Waals surface area contributed by atoms with Crippen LogP contribution < -0.4 is 5.32 Å². The van der Waals surface area contributed by atoms with Crippen LogP contribution in [-0.2, 0) is 11.3 Å². The maximum atomic E-state index is 13.0. The molecule has 0 saturated carbocycles. The Hall–Kier alpha value is -2.57. The lowest BCUT2D eigenvalue weighted by Crippen LogP contribution is -2.30. The summed E-state index contributed by atoms with van der Waals surface area (Å²) >= 11 is 1.36. The summed E-state index contributed by atoms with van der Waals surface area (Å²) in [6, 6.07) is 14.3. The number of anilines is 1. The third kappa shape index (κ3) is 4.74. The zero-order valence-corrected chi connectivity index (χ0v) is 15.5. The number of nitrogens with one attached hydrogen (secondary N) is 1. The lowest BCUT2D eigenvalue weighted by atomic mass is 10.1. The first-order valence-electron chi connectivity index (χ1n) is 8.25. The van der Waals surface area contributed by atoms with Gasteiger partial charge >= 0.3 is 0 Å². The molecule has 0 spiro atoms. The molecule has 0 aliphatic carbocycles. The van der Waals surface area contributed by atoms with Gasteiger partial charge in [-0.15, -0.1) is 11.3 Å². The van der Waals surface area contributed by atoms with Crippen LogP contribution in [0, 0.1) is 12.7 Å². The highest BCUT2D eigenvalue weighted by atomic mass is 32.1. The monoisotopic (exact) mass is 369 g/mol. The highest BCUT2D eigenvalue weighted by Crippen LogP contribution is 2.25. The summed E-state index contributed by atoms with van der Waals surface area (Å²) in [5, 5.41) is 5.21. The van der Waals surface area contributed by atoms with E-state index in [1.54, 1.807) is 12.1 Å². The van der Waals surface area contributed by atoms with Crippen molar-refractivity contribution < 1.29 is 9.18 Å². The number of nitrogens with zero attached hydrogens (tertiary/aromatic N) is 2. The van der Waals surface area contributed by atoms with Crippen LogP contribution in [0.1, 0.15) is 11.1 Å². The Morgan fingerprint density at radius 2 is 1.92 bits per heavy atom. The van der Waals surface area contributed by atoms with E-state index in [4.69, 9.17) is 0 Å². The molecule has 0 bridgehead atoms. The summed E-state index contributed by atoms with van der Waals surface area (Å²) in [5.41, 5.74) is 3.96. The molecule has 0 aliphatic heterocycles. The van der Waals surface area contributed by atoms with Crippen LogP contribution in [0.3, 0.4) is 0 Å². The number of hydrogen-bond donors (Lipinski definition) is 1. The van der Waals surface area contributed by atoms with E-state index in [0.29, 0.717) is 11.7 Å². The molecule has 1 N–H and O–H groups in total. The first-order valence-corrected chi connectivity index (χ1v) is 9.13. The second-order valence-electron chi connectivity index (χ2n) is 6.19. The number of thiazole rings is 1. The molecule has 3 aromatic rings. The van der Waals surface area contributed by atoms with Crippen molar-refractivity contribution in [2.24, 2.45) is 0 Å². The summed E-state index contributed by atoms with van der Waals surface area (Å²) in [7, 11) is 1.91. The summed E-state index contributed by atoms with van der Waals surface area (Å²) < 4.78 is 13.0. The van der Waals surface area contributed by atoms with Gasteiger partial charge in [0, 0.05) is 17.5 Å². The Morgan fingerprint density at radius 1 is 1.19 bits per heavy atom. The highest BCUT2D eigenvalue weighted by molar-refractivity contribution is 7.14. The number of aromatic nitrogens is 1. The molecule has 134 valence electrons. The minimum absolute atomic E-state index is 0.110. The van der Waals surface area contributed by atoms with Crippen molar-refractivity contribution in [1.29, 1.82) is 0 Å². The average Bonchev–Trinajstić information content (AvgIpc) is 3.05. The Kier molecular flexibility index (Phi) is 5.75. The van der Waals surface area contributed by atoms with E-state index >= 15 is 0 Å². The quantitative estimate of drug-likeness (QED) is 0.703. The van der Waals surface area contributed by atoms with Crippen molar-refractivity contribution in [3.63, 3.8) is 0 Å². The van der Waals surface area contributed by atoms with E-state index < -0.39 is 0 Å². The maximum absolute atomic E-state index is 13.0. The summed E-state index contributed by atoms with van der Waals surface area (Å²) in [5.74, 6) is -0.393. The molecule has 1 amide bonds. The summed E-state index contributed by atoms with van der Waals surface area (Å²) in [6.45, 7) is 3.05. The minimum Gasteiger partial charge on any atom is -0.301 e. The standard InChI is InChI=1S/C20H20FN3OS/c1-14-5-3-4-6-16(14)11-24(2)12-19(25)23-20-22-18(13-26-20)15-7-9-17(21)10-8-15/h3-10,13H,11-12H2,1-2H3,(H,22,23,25). The summed E-state index contributed by atoms with van der Waals surface area (Å²) in [4.78, 5) is 18.6. The third-order valence-corrected chi connectivity index (χ3v) is 4.76. The predicted octanol–water partition coefficient (Wildman–Crippen LogP) is 4.33. The van der Waals surface area contributed by atoms with Crippen molar-refractivity contribution in [2.45, 2.75) is 13.5 Å². The molecule has 4 nitrogen and oxygen atoms in total. The molecule has 0 unspecified atom stereocenters. The molecular formula is C20H20FN3OS. The topological polar surface area (TPSA) is 45.2 Å². The normalized spacial score (nSPS) is 10.9. The van der Waals surface area contributed by atoms with Crippen molar-refractivity contribution in [1.82, 2.24) is 9.88 Å². The molecule has 6 heteroatoms. The number of amides is 1. The van der Waals surface area contributed by atoms with Gasteiger partial charge in [-0.1, -0.05) is 24.3 Å². The molecule has 0 atom stereocenters. The Labute approximate surface area is 156 Å². The second-order valence-corrected chi connectivity index (χ2v) is 7.05. The van der Waals surface area contributed by atoms with Gasteiger partial charge in [0.25, 0.3) is 0 Å². The van der Waals surface area contributed by atoms with Crippen molar-refractivity contribution in [3.05, 3.63) is 70.9 Å². The van der Waals surface area contributed by atoms with Gasteiger partial charge in [0.1, 0.15) is 5.82 Å². The minimum atomic E-state index is -0.283. The van der Waals surface area contributed by atoms with E-state index in [2.05, 4.69) is 29.4 Å². The number of halogens is 1. The molecule has 1 heterocycles. The van der Waals surface area contributed by atoms with Gasteiger partial charge in [0.05, 0.1) is 12.2 Å². The van der Waals surface area contributed by atoms with Crippen LogP contribution in [0.4, 0.5) is 9.52 Å². The van der Waals surface area contributed by atoms with Gasteiger partial charge in [-0.2, -0.15) is 0 Å². The molecule has 0 aliphatic rings. The Bertz CT molecular complexity index is 892. The fraction of sp³-hybridized carbons (Fsp3) is 0.200. The zero-order valence-electron chi connectivity index (χ0n) is 14.7. The SMILES string of the molecule is Cc1ccccc1CN(C)CC(=O)Nc1nc(-c2ccc(F)cc2)cs1. The number of likely N-dealkylation sites (N-methyl/N-ethyl adjacent to an activating group) is 1. The Morgan fingerprint density at radius 3 is 2.65 bits per heavy atom. The van der Waals surface area contributed by atoms with Crippen LogP contribution >= 0.6 is 11.3 Å². The maximum Gasteiger partial charge on any atom is 0.240 e. The molecule has 0 saturated heterocycles. The first kappa shape index (κ1) is 18.2. The van der Waals surface area contributed by atoms with Gasteiger partial charge in [-0.25, -0.2) is 9.37 Å². The second kappa shape index (κ2) is 8.21. The van der Waals surface area contributed by atoms with E-state index in [1.807, 2.05) is 29.5 Å². The number of benzene rings is 2. The summed E-state index contributed by atoms with van der Waals surface area (Å²) in [6.07, 6.45) is 0. The molecule has 0 fully saturated rings. The lowest BCUT2D eigenvalue weighted by Gasteiger charge is -2.17. The van der Waals surface area contributed by atoms with E-state index in [-0.39, 0.29) is 18.3 Å². The number of rotatable bonds is 6. The fourth-order valence-electron chi connectivity index (χ4n) is 2.62. The van der Waals surface area contributed by atoms with Gasteiger partial charge < -0.3 is 5.32 Å². The highest BCUT2D eigenvalue weighted by Gasteiger charge is 2.11. The van der Waals surface area contributed by atoms with Crippen LogP contribution in [0.15, 0.2) is 53.9 Å². The average molecular weight is 369 g/mol. The van der Waals surface area contributed by atoms with Gasteiger partial charge in [0.2, 0.25) is 5.91 Å². The van der Waals surface area contributed by atoms with E-state index in [9.17, 15) is 9.18 Å². The van der Waals surface area contributed by atoms with Crippen LogP contribution in [0.5, 0.6) is 0 Å². The van der Waals surface area contributed by atoms with Gasteiger partial charge in [0.15, 0.2) is 5.13 Å². The molecule has 26 heavy (non-hydrogen) atoms. The van der Waals surface area contributed by atoms with Crippen molar-refractivity contribution >= 4 is 22.4 Å². The Balaban J connectivity index is 1.56. The first-order chi connectivity index (χ1) is 12.5. The number of carbonyl (C=O) groups excluding carboxylic acids is 1. The van der Waals surface area contributed by atoms with E-state index in [1.165, 1.54) is 34.6 Å². The predicted molar refractivity (Wildman–Crippen MR) is 104 cm³/mol. The third-order valence-electron chi connectivity index (χ3n) is 4.01. The van der Waals surface area contributed by atoms with Crippen molar-refractivity contribution in [2.75, 3.05) is 18.9 Å². The van der Waals surface area contributed by atoms with Crippen LogP contribution in [0.2, 0.25) is 0 Å². The molecule has 0 radical (unpaired) electrons. The number of hydrogen-bond acceptors (Lipinski definition) is 4. The number of aryl methyl sites for hydroxylation is 1. The lowest BCUT2D eigenvalue weighted by molar-refractivity contribution is -0.117. The number of carbonyl (C=O) groups is 1. The van der Waals surface area contributed by atoms with Gasteiger partial charge in [-0.3, -0.25) is 9.69 Å². The smallest absolute Gasteiger partial charge is 0.240 e. The largest absolute Gasteiger partial charge is 0.301 e. The molecule has 3 rings (SSSR count). The van der Waals surface area contributed by atoms with Crippen molar-refractivity contribution in [3.8, 4) is 11.3 Å². The van der Waals surface area contributed by atoms with Crippen LogP contribution in [0.25, 0.3) is 11.3 Å². The molecule has 2 aromatic carbocycles.